The third-order valence-corrected chi connectivity index (χ3v) is 3.22. The molecule has 4 nitrogen and oxygen atoms in total. The maximum Gasteiger partial charge on any atom is 0.0989 e. The van der Waals surface area contributed by atoms with E-state index in [1.165, 1.54) is 0 Å². The van der Waals surface area contributed by atoms with Gasteiger partial charge in [0, 0.05) is 13.2 Å². The largest absolute Gasteiger partial charge is 0.382 e. The zero-order valence-electron chi connectivity index (χ0n) is 10.8. The molecule has 1 aliphatic rings. The average Bonchev–Trinajstić information content (AvgIpc) is 2.23. The Morgan fingerprint density at radius 3 is 2.44 bits per heavy atom. The summed E-state index contributed by atoms with van der Waals surface area (Å²) in [7, 11) is 1.67. The van der Waals surface area contributed by atoms with Gasteiger partial charge in [0.05, 0.1) is 31.5 Å². The summed E-state index contributed by atoms with van der Waals surface area (Å²) in [6.07, 6.45) is 1.35. The number of methoxy groups -OCH3 is 1. The lowest BCUT2D eigenvalue weighted by atomic mass is 9.85. The van der Waals surface area contributed by atoms with Crippen molar-refractivity contribution in [2.24, 2.45) is 11.7 Å². The van der Waals surface area contributed by atoms with E-state index in [0.717, 1.165) is 6.42 Å². The lowest BCUT2D eigenvalue weighted by Gasteiger charge is -2.43. The van der Waals surface area contributed by atoms with Crippen LogP contribution in [0, 0.1) is 5.92 Å². The zero-order chi connectivity index (χ0) is 12.1. The van der Waals surface area contributed by atoms with Gasteiger partial charge in [-0.2, -0.15) is 0 Å². The normalized spacial score (nSPS) is 31.5. The topological polar surface area (TPSA) is 53.7 Å². The summed E-state index contributed by atoms with van der Waals surface area (Å²) in [6, 6.07) is 0.112. The summed E-state index contributed by atoms with van der Waals surface area (Å²) < 4.78 is 16.5. The molecule has 16 heavy (non-hydrogen) atoms. The molecular weight excluding hydrogens is 206 g/mol. The standard InChI is InChI=1S/C12H25NO3/c1-8(2)9(3)16-11-7-10(13)12(11)15-6-5-14-4/h8-12H,5-7,13H2,1-4H3. The van der Waals surface area contributed by atoms with Crippen LogP contribution in [0.2, 0.25) is 0 Å². The van der Waals surface area contributed by atoms with Gasteiger partial charge in [-0.25, -0.2) is 0 Å². The first-order valence-electron chi connectivity index (χ1n) is 6.07. The highest BCUT2D eigenvalue weighted by molar-refractivity contribution is 4.95. The van der Waals surface area contributed by atoms with E-state index >= 15 is 0 Å². The molecular formula is C12H25NO3. The SMILES string of the molecule is COCCOC1C(N)CC1OC(C)C(C)C. The van der Waals surface area contributed by atoms with E-state index in [4.69, 9.17) is 19.9 Å². The monoisotopic (exact) mass is 231 g/mol. The van der Waals surface area contributed by atoms with Gasteiger partial charge in [-0.15, -0.1) is 0 Å². The molecule has 0 amide bonds. The number of ether oxygens (including phenoxy) is 3. The maximum atomic E-state index is 5.92. The fourth-order valence-corrected chi connectivity index (χ4v) is 1.68. The van der Waals surface area contributed by atoms with Crippen molar-refractivity contribution in [2.75, 3.05) is 20.3 Å². The van der Waals surface area contributed by atoms with Crippen molar-refractivity contribution < 1.29 is 14.2 Å². The van der Waals surface area contributed by atoms with Crippen LogP contribution in [0.4, 0.5) is 0 Å². The molecule has 1 aliphatic carbocycles. The Morgan fingerprint density at radius 1 is 1.25 bits per heavy atom. The Bertz CT molecular complexity index is 199. The Kier molecular flexibility index (Phi) is 5.69. The van der Waals surface area contributed by atoms with E-state index in [-0.39, 0.29) is 24.4 Å². The van der Waals surface area contributed by atoms with Crippen LogP contribution in [0.3, 0.4) is 0 Å². The second-order valence-corrected chi connectivity index (χ2v) is 4.85. The lowest BCUT2D eigenvalue weighted by molar-refractivity contribution is -0.168. The fourth-order valence-electron chi connectivity index (χ4n) is 1.68. The molecule has 2 N–H and O–H groups in total. The molecule has 0 aromatic carbocycles. The van der Waals surface area contributed by atoms with Gasteiger partial charge in [-0.3, -0.25) is 0 Å². The van der Waals surface area contributed by atoms with Gasteiger partial charge in [0.15, 0.2) is 0 Å². The van der Waals surface area contributed by atoms with Crippen molar-refractivity contribution in [3.63, 3.8) is 0 Å². The highest BCUT2D eigenvalue weighted by atomic mass is 16.6. The summed E-state index contributed by atoms with van der Waals surface area (Å²) in [5, 5.41) is 0. The van der Waals surface area contributed by atoms with Crippen LogP contribution >= 0.6 is 0 Å². The lowest BCUT2D eigenvalue weighted by Crippen LogP contribution is -2.59. The van der Waals surface area contributed by atoms with Gasteiger partial charge < -0.3 is 19.9 Å². The van der Waals surface area contributed by atoms with Crippen molar-refractivity contribution in [3.8, 4) is 0 Å². The number of hydrogen-bond acceptors (Lipinski definition) is 4. The first kappa shape index (κ1) is 13.9. The van der Waals surface area contributed by atoms with E-state index in [0.29, 0.717) is 19.1 Å². The number of nitrogens with two attached hydrogens (primary N) is 1. The summed E-state index contributed by atoms with van der Waals surface area (Å²) in [5.41, 5.74) is 5.90. The molecule has 0 radical (unpaired) electrons. The smallest absolute Gasteiger partial charge is 0.0989 e. The van der Waals surface area contributed by atoms with E-state index in [1.54, 1.807) is 7.11 Å². The highest BCUT2D eigenvalue weighted by Crippen LogP contribution is 2.28. The molecule has 4 atom stereocenters. The van der Waals surface area contributed by atoms with Crippen LogP contribution in [0.1, 0.15) is 27.2 Å². The van der Waals surface area contributed by atoms with E-state index < -0.39 is 0 Å². The van der Waals surface area contributed by atoms with Crippen LogP contribution in [0.5, 0.6) is 0 Å². The second-order valence-electron chi connectivity index (χ2n) is 4.85. The van der Waals surface area contributed by atoms with Crippen molar-refractivity contribution in [1.82, 2.24) is 0 Å². The van der Waals surface area contributed by atoms with Gasteiger partial charge in [0.2, 0.25) is 0 Å². The molecule has 0 aromatic rings. The van der Waals surface area contributed by atoms with E-state index in [2.05, 4.69) is 20.8 Å². The molecule has 96 valence electrons. The van der Waals surface area contributed by atoms with Gasteiger partial charge in [0.25, 0.3) is 0 Å². The highest BCUT2D eigenvalue weighted by Gasteiger charge is 2.41. The van der Waals surface area contributed by atoms with E-state index in [1.807, 2.05) is 0 Å². The Labute approximate surface area is 98.4 Å². The molecule has 0 spiro atoms. The van der Waals surface area contributed by atoms with Crippen molar-refractivity contribution in [3.05, 3.63) is 0 Å². The number of rotatable bonds is 7. The van der Waals surface area contributed by atoms with Gasteiger partial charge in [-0.1, -0.05) is 13.8 Å². The minimum atomic E-state index is 0.0383. The summed E-state index contributed by atoms with van der Waals surface area (Å²) in [4.78, 5) is 0. The summed E-state index contributed by atoms with van der Waals surface area (Å²) in [6.45, 7) is 7.61. The van der Waals surface area contributed by atoms with Crippen LogP contribution in [0.15, 0.2) is 0 Å². The predicted molar refractivity (Wildman–Crippen MR) is 63.4 cm³/mol. The molecule has 0 bridgehead atoms. The Morgan fingerprint density at radius 2 is 1.94 bits per heavy atom. The van der Waals surface area contributed by atoms with Gasteiger partial charge in [0.1, 0.15) is 0 Å². The van der Waals surface area contributed by atoms with Crippen molar-refractivity contribution in [2.45, 2.75) is 51.5 Å². The first-order chi connectivity index (χ1) is 7.56. The zero-order valence-corrected chi connectivity index (χ0v) is 10.8. The van der Waals surface area contributed by atoms with Crippen molar-refractivity contribution >= 4 is 0 Å². The quantitative estimate of drug-likeness (QED) is 0.668. The van der Waals surface area contributed by atoms with Crippen LogP contribution in [-0.2, 0) is 14.2 Å². The van der Waals surface area contributed by atoms with Crippen LogP contribution < -0.4 is 5.73 Å². The summed E-state index contributed by atoms with van der Waals surface area (Å²) in [5.74, 6) is 0.524. The van der Waals surface area contributed by atoms with Crippen LogP contribution in [-0.4, -0.2) is 44.7 Å². The molecule has 1 rings (SSSR count). The van der Waals surface area contributed by atoms with Crippen molar-refractivity contribution in [1.29, 1.82) is 0 Å². The first-order valence-corrected chi connectivity index (χ1v) is 6.07. The third kappa shape index (κ3) is 3.70. The molecule has 1 fully saturated rings. The molecule has 4 heteroatoms. The minimum absolute atomic E-state index is 0.0383. The predicted octanol–water partition coefficient (Wildman–Crippen LogP) is 1.18. The molecule has 0 saturated heterocycles. The Hall–Kier alpha value is -0.160. The van der Waals surface area contributed by atoms with Gasteiger partial charge >= 0.3 is 0 Å². The number of hydrogen-bond donors (Lipinski definition) is 1. The minimum Gasteiger partial charge on any atom is -0.382 e. The summed E-state index contributed by atoms with van der Waals surface area (Å²) >= 11 is 0. The van der Waals surface area contributed by atoms with Gasteiger partial charge in [-0.05, 0) is 19.3 Å². The second kappa shape index (κ2) is 6.55. The maximum absolute atomic E-state index is 5.92. The molecule has 0 heterocycles. The third-order valence-electron chi connectivity index (χ3n) is 3.22. The molecule has 0 aromatic heterocycles. The van der Waals surface area contributed by atoms with Crippen LogP contribution in [0.25, 0.3) is 0 Å². The molecule has 4 unspecified atom stereocenters. The molecule has 0 aliphatic heterocycles. The molecule has 1 saturated carbocycles. The van der Waals surface area contributed by atoms with E-state index in [9.17, 15) is 0 Å². The fraction of sp³-hybridized carbons (Fsp3) is 1.00. The average molecular weight is 231 g/mol. The Balaban J connectivity index is 2.26.